The molecule has 2 rings (SSSR count). The summed E-state index contributed by atoms with van der Waals surface area (Å²) in [6, 6.07) is 1.85. The Labute approximate surface area is 132 Å². The summed E-state index contributed by atoms with van der Waals surface area (Å²) in [5.74, 6) is 0.0491. The third-order valence-electron chi connectivity index (χ3n) is 4.65. The fourth-order valence-corrected chi connectivity index (χ4v) is 2.83. The van der Waals surface area contributed by atoms with Gasteiger partial charge >= 0.3 is 5.97 Å². The van der Waals surface area contributed by atoms with E-state index in [0.717, 1.165) is 24.0 Å². The van der Waals surface area contributed by atoms with Gasteiger partial charge in [0.25, 0.3) is 0 Å². The van der Waals surface area contributed by atoms with Crippen LogP contribution in [0.3, 0.4) is 0 Å². The molecule has 5 heteroatoms. The van der Waals surface area contributed by atoms with Crippen LogP contribution >= 0.6 is 0 Å². The van der Waals surface area contributed by atoms with Crippen molar-refractivity contribution < 1.29 is 19.0 Å². The molecule has 5 nitrogen and oxygen atoms in total. The summed E-state index contributed by atoms with van der Waals surface area (Å²) < 4.78 is 16.5. The van der Waals surface area contributed by atoms with Crippen LogP contribution in [0, 0.1) is 0 Å². The molecule has 1 aliphatic rings. The summed E-state index contributed by atoms with van der Waals surface area (Å²) in [7, 11) is 1.56. The van der Waals surface area contributed by atoms with E-state index >= 15 is 0 Å². The maximum Gasteiger partial charge on any atom is 0.357 e. The van der Waals surface area contributed by atoms with Crippen LogP contribution < -0.4 is 4.74 Å². The zero-order chi connectivity index (χ0) is 16.3. The SMILES string of the molecule is CCCOC(=O)c1cc2c(c(OC)n1)COC(C)C2(C)CC. The van der Waals surface area contributed by atoms with Crippen LogP contribution in [0.1, 0.15) is 62.2 Å². The van der Waals surface area contributed by atoms with Crippen LogP contribution in [0.4, 0.5) is 0 Å². The lowest BCUT2D eigenvalue weighted by atomic mass is 9.72. The molecule has 1 aromatic heterocycles. The number of pyridine rings is 1. The number of aromatic nitrogens is 1. The van der Waals surface area contributed by atoms with Crippen LogP contribution in [0.2, 0.25) is 0 Å². The summed E-state index contributed by atoms with van der Waals surface area (Å²) >= 11 is 0. The summed E-state index contributed by atoms with van der Waals surface area (Å²) in [6.07, 6.45) is 1.75. The lowest BCUT2D eigenvalue weighted by Gasteiger charge is -2.41. The molecule has 2 heterocycles. The lowest BCUT2D eigenvalue weighted by Crippen LogP contribution is -2.41. The van der Waals surface area contributed by atoms with Gasteiger partial charge in [0.15, 0.2) is 5.69 Å². The maximum atomic E-state index is 12.2. The van der Waals surface area contributed by atoms with Crippen molar-refractivity contribution in [3.05, 3.63) is 22.9 Å². The number of carbonyl (C=O) groups excluding carboxylic acids is 1. The Morgan fingerprint density at radius 2 is 2.23 bits per heavy atom. The van der Waals surface area contributed by atoms with Crippen LogP contribution in [-0.2, 0) is 21.5 Å². The standard InChI is InChI=1S/C17H25NO4/c1-6-8-21-16(19)14-9-13-12(15(18-14)20-5)10-22-11(3)17(13,4)7-2/h9,11H,6-8,10H2,1-5H3. The average Bonchev–Trinajstić information content (AvgIpc) is 2.55. The number of nitrogens with zero attached hydrogens (tertiary/aromatic N) is 1. The van der Waals surface area contributed by atoms with Gasteiger partial charge in [0.2, 0.25) is 5.88 Å². The Morgan fingerprint density at radius 3 is 2.82 bits per heavy atom. The van der Waals surface area contributed by atoms with Crippen LogP contribution in [0.25, 0.3) is 0 Å². The molecule has 0 N–H and O–H groups in total. The molecular formula is C17H25NO4. The smallest absolute Gasteiger partial charge is 0.357 e. The summed E-state index contributed by atoms with van der Waals surface area (Å²) in [5, 5.41) is 0. The first-order valence-electron chi connectivity index (χ1n) is 7.85. The largest absolute Gasteiger partial charge is 0.481 e. The van der Waals surface area contributed by atoms with Gasteiger partial charge in [-0.05, 0) is 31.4 Å². The van der Waals surface area contributed by atoms with E-state index in [1.54, 1.807) is 7.11 Å². The number of esters is 1. The minimum atomic E-state index is -0.402. The van der Waals surface area contributed by atoms with E-state index in [4.69, 9.17) is 14.2 Å². The van der Waals surface area contributed by atoms with Crippen LogP contribution in [0.5, 0.6) is 5.88 Å². The molecule has 0 aromatic carbocycles. The van der Waals surface area contributed by atoms with Crippen molar-refractivity contribution in [2.24, 2.45) is 0 Å². The van der Waals surface area contributed by atoms with E-state index in [2.05, 4.69) is 25.8 Å². The Morgan fingerprint density at radius 1 is 1.50 bits per heavy atom. The Hall–Kier alpha value is -1.62. The number of fused-ring (bicyclic) bond motifs is 1. The van der Waals surface area contributed by atoms with Gasteiger partial charge in [-0.2, -0.15) is 0 Å². The van der Waals surface area contributed by atoms with Gasteiger partial charge < -0.3 is 14.2 Å². The Bertz CT molecular complexity index is 558. The first-order valence-corrected chi connectivity index (χ1v) is 7.85. The molecule has 122 valence electrons. The normalized spacial score (nSPS) is 23.8. The van der Waals surface area contributed by atoms with Crippen LogP contribution in [-0.4, -0.2) is 30.8 Å². The van der Waals surface area contributed by atoms with E-state index in [1.165, 1.54) is 0 Å². The molecular weight excluding hydrogens is 282 g/mol. The fraction of sp³-hybridized carbons (Fsp3) is 0.647. The monoisotopic (exact) mass is 307 g/mol. The number of rotatable bonds is 5. The van der Waals surface area contributed by atoms with Crippen molar-refractivity contribution in [1.82, 2.24) is 4.98 Å². The number of methoxy groups -OCH3 is 1. The lowest BCUT2D eigenvalue weighted by molar-refractivity contribution is -0.0175. The second kappa shape index (κ2) is 6.65. The van der Waals surface area contributed by atoms with Gasteiger partial charge in [-0.3, -0.25) is 0 Å². The second-order valence-corrected chi connectivity index (χ2v) is 5.90. The highest BCUT2D eigenvalue weighted by molar-refractivity contribution is 5.88. The van der Waals surface area contributed by atoms with Crippen molar-refractivity contribution >= 4 is 5.97 Å². The summed E-state index contributed by atoms with van der Waals surface area (Å²) in [6.45, 7) is 9.14. The molecule has 1 aromatic rings. The molecule has 0 saturated carbocycles. The molecule has 22 heavy (non-hydrogen) atoms. The highest BCUT2D eigenvalue weighted by atomic mass is 16.5. The fourth-order valence-electron chi connectivity index (χ4n) is 2.83. The highest BCUT2D eigenvalue weighted by Gasteiger charge is 2.40. The van der Waals surface area contributed by atoms with Crippen molar-refractivity contribution in [1.29, 1.82) is 0 Å². The van der Waals surface area contributed by atoms with Gasteiger partial charge in [0, 0.05) is 11.0 Å². The van der Waals surface area contributed by atoms with Gasteiger partial charge in [-0.25, -0.2) is 9.78 Å². The van der Waals surface area contributed by atoms with Gasteiger partial charge in [-0.15, -0.1) is 0 Å². The molecule has 0 spiro atoms. The third kappa shape index (κ3) is 2.82. The molecule has 0 bridgehead atoms. The van der Waals surface area contributed by atoms with E-state index in [-0.39, 0.29) is 11.5 Å². The first kappa shape index (κ1) is 16.7. The second-order valence-electron chi connectivity index (χ2n) is 5.90. The molecule has 1 aliphatic heterocycles. The van der Waals surface area contributed by atoms with Gasteiger partial charge in [-0.1, -0.05) is 20.8 Å². The minimum absolute atomic E-state index is 0.0663. The van der Waals surface area contributed by atoms with Crippen molar-refractivity contribution in [3.63, 3.8) is 0 Å². The zero-order valence-corrected chi connectivity index (χ0v) is 14.1. The van der Waals surface area contributed by atoms with Gasteiger partial charge in [0.1, 0.15) is 0 Å². The van der Waals surface area contributed by atoms with Crippen molar-refractivity contribution in [3.8, 4) is 5.88 Å². The summed E-state index contributed by atoms with van der Waals surface area (Å²) in [5.41, 5.74) is 2.13. The predicted octanol–water partition coefficient (Wildman–Crippen LogP) is 3.24. The molecule has 2 unspecified atom stereocenters. The molecule has 0 saturated heterocycles. The topological polar surface area (TPSA) is 57.7 Å². The van der Waals surface area contributed by atoms with E-state index in [0.29, 0.717) is 24.8 Å². The third-order valence-corrected chi connectivity index (χ3v) is 4.65. The van der Waals surface area contributed by atoms with E-state index in [1.807, 2.05) is 13.0 Å². The first-order chi connectivity index (χ1) is 10.5. The maximum absolute atomic E-state index is 12.2. The number of carbonyl (C=O) groups is 1. The number of hydrogen-bond donors (Lipinski definition) is 0. The zero-order valence-electron chi connectivity index (χ0n) is 14.1. The number of hydrogen-bond acceptors (Lipinski definition) is 5. The number of ether oxygens (including phenoxy) is 3. The highest BCUT2D eigenvalue weighted by Crippen LogP contribution is 2.42. The molecule has 0 radical (unpaired) electrons. The van der Waals surface area contributed by atoms with E-state index in [9.17, 15) is 4.79 Å². The predicted molar refractivity (Wildman–Crippen MR) is 83.3 cm³/mol. The quantitative estimate of drug-likeness (QED) is 0.782. The Balaban J connectivity index is 2.51. The van der Waals surface area contributed by atoms with Crippen molar-refractivity contribution in [2.45, 2.75) is 58.7 Å². The van der Waals surface area contributed by atoms with E-state index < -0.39 is 5.97 Å². The van der Waals surface area contributed by atoms with Crippen LogP contribution in [0.15, 0.2) is 6.07 Å². The average molecular weight is 307 g/mol. The molecule has 0 amide bonds. The summed E-state index contributed by atoms with van der Waals surface area (Å²) in [4.78, 5) is 16.5. The molecule has 0 fully saturated rings. The van der Waals surface area contributed by atoms with Gasteiger partial charge in [0.05, 0.1) is 26.4 Å². The minimum Gasteiger partial charge on any atom is -0.481 e. The molecule has 0 aliphatic carbocycles. The van der Waals surface area contributed by atoms with Crippen molar-refractivity contribution in [2.75, 3.05) is 13.7 Å². The Kier molecular flexibility index (Phi) is 5.06. The molecule has 2 atom stereocenters.